The van der Waals surface area contributed by atoms with Crippen molar-refractivity contribution in [2.45, 2.75) is 19.4 Å². The molecule has 1 nitrogen and oxygen atoms in total. The van der Waals surface area contributed by atoms with E-state index in [0.29, 0.717) is 6.42 Å². The maximum atomic E-state index is 9.62. The Morgan fingerprint density at radius 2 is 2.07 bits per heavy atom. The fourth-order valence-electron chi connectivity index (χ4n) is 1.12. The number of aliphatic hydroxyl groups excluding tert-OH is 1. The van der Waals surface area contributed by atoms with Gasteiger partial charge in [-0.3, -0.25) is 0 Å². The Kier molecular flexibility index (Phi) is 4.66. The third-order valence-electron chi connectivity index (χ3n) is 2.30. The molecule has 78 valence electrons. The lowest BCUT2D eigenvalue weighted by atomic mass is 10.0. The summed E-state index contributed by atoms with van der Waals surface area (Å²) in [6.45, 7) is 5.57. The molecule has 0 aliphatic carbocycles. The number of hydrogen-bond donors (Lipinski definition) is 1. The Labute approximate surface area is 91.5 Å². The van der Waals surface area contributed by atoms with Crippen LogP contribution in [-0.2, 0) is 0 Å². The molecule has 0 amide bonds. The zero-order valence-corrected chi connectivity index (χ0v) is 8.98. The largest absolute Gasteiger partial charge is 0.392 e. The van der Waals surface area contributed by atoms with Gasteiger partial charge in [-0.25, -0.2) is 0 Å². The van der Waals surface area contributed by atoms with E-state index in [9.17, 15) is 5.11 Å². The third-order valence-corrected chi connectivity index (χ3v) is 2.30. The van der Waals surface area contributed by atoms with Crippen molar-refractivity contribution in [3.63, 3.8) is 0 Å². The molecule has 1 aromatic carbocycles. The highest BCUT2D eigenvalue weighted by Gasteiger charge is 2.07. The molecule has 0 fully saturated rings. The van der Waals surface area contributed by atoms with Crippen molar-refractivity contribution >= 4 is 0 Å². The predicted octanol–water partition coefficient (Wildman–Crippen LogP) is 2.61. The molecule has 0 saturated heterocycles. The number of rotatable bonds is 3. The molecule has 0 radical (unpaired) electrons. The second-order valence-corrected chi connectivity index (χ2v) is 3.53. The Bertz CT molecular complexity index is 356. The van der Waals surface area contributed by atoms with Gasteiger partial charge in [-0.2, -0.15) is 0 Å². The van der Waals surface area contributed by atoms with Crippen LogP contribution in [0.1, 0.15) is 18.9 Å². The normalized spacial score (nSPS) is 13.5. The molecule has 0 aromatic heterocycles. The Balaban J connectivity index is 2.50. The first kappa shape index (κ1) is 11.6. The highest BCUT2D eigenvalue weighted by molar-refractivity contribution is 5.33. The molecule has 0 bridgehead atoms. The molecule has 1 aromatic rings. The second-order valence-electron chi connectivity index (χ2n) is 3.53. The molecular weight excluding hydrogens is 184 g/mol. The summed E-state index contributed by atoms with van der Waals surface area (Å²) in [7, 11) is 0. The lowest BCUT2D eigenvalue weighted by Gasteiger charge is -2.10. The van der Waals surface area contributed by atoms with E-state index in [1.54, 1.807) is 6.08 Å². The van der Waals surface area contributed by atoms with Gasteiger partial charge >= 0.3 is 0 Å². The van der Waals surface area contributed by atoms with Gasteiger partial charge in [0.25, 0.3) is 0 Å². The third kappa shape index (κ3) is 4.01. The molecule has 15 heavy (non-hydrogen) atoms. The minimum absolute atomic E-state index is 0.0927. The van der Waals surface area contributed by atoms with Crippen molar-refractivity contribution in [3.05, 3.63) is 48.6 Å². The SMILES string of the molecule is C=C[C@H](C)[C@@H](O)CC#Cc1ccccc1. The van der Waals surface area contributed by atoms with Crippen LogP contribution in [0.2, 0.25) is 0 Å². The number of hydrogen-bond acceptors (Lipinski definition) is 1. The molecule has 0 aliphatic rings. The van der Waals surface area contributed by atoms with Gasteiger partial charge in [-0.05, 0) is 12.1 Å². The van der Waals surface area contributed by atoms with Crippen LogP contribution in [0.3, 0.4) is 0 Å². The molecule has 0 aliphatic heterocycles. The fourth-order valence-corrected chi connectivity index (χ4v) is 1.12. The van der Waals surface area contributed by atoms with Crippen molar-refractivity contribution in [1.29, 1.82) is 0 Å². The summed E-state index contributed by atoms with van der Waals surface area (Å²) in [4.78, 5) is 0. The van der Waals surface area contributed by atoms with E-state index in [1.807, 2.05) is 37.3 Å². The summed E-state index contributed by atoms with van der Waals surface area (Å²) in [5, 5.41) is 9.62. The predicted molar refractivity (Wildman–Crippen MR) is 63.3 cm³/mol. The first-order valence-corrected chi connectivity index (χ1v) is 5.08. The van der Waals surface area contributed by atoms with E-state index < -0.39 is 6.10 Å². The van der Waals surface area contributed by atoms with Gasteiger partial charge in [0.1, 0.15) is 0 Å². The van der Waals surface area contributed by atoms with Gasteiger partial charge in [-0.15, -0.1) is 6.58 Å². The van der Waals surface area contributed by atoms with E-state index in [4.69, 9.17) is 0 Å². The maximum absolute atomic E-state index is 9.62. The van der Waals surface area contributed by atoms with E-state index >= 15 is 0 Å². The van der Waals surface area contributed by atoms with Gasteiger partial charge in [0.05, 0.1) is 6.10 Å². The van der Waals surface area contributed by atoms with Gasteiger partial charge < -0.3 is 5.11 Å². The minimum Gasteiger partial charge on any atom is -0.392 e. The first-order valence-electron chi connectivity index (χ1n) is 5.08. The average Bonchev–Trinajstić information content (AvgIpc) is 2.29. The molecule has 1 heteroatoms. The molecule has 0 spiro atoms. The van der Waals surface area contributed by atoms with Crippen molar-refractivity contribution in [3.8, 4) is 11.8 Å². The van der Waals surface area contributed by atoms with Crippen LogP contribution in [0.4, 0.5) is 0 Å². The van der Waals surface area contributed by atoms with E-state index in [2.05, 4.69) is 18.4 Å². The number of benzene rings is 1. The summed E-state index contributed by atoms with van der Waals surface area (Å²) < 4.78 is 0. The summed E-state index contributed by atoms with van der Waals surface area (Å²) in [5.41, 5.74) is 0.982. The molecule has 0 unspecified atom stereocenters. The minimum atomic E-state index is -0.418. The summed E-state index contributed by atoms with van der Waals surface area (Å²) in [5.74, 6) is 6.07. The van der Waals surface area contributed by atoms with Crippen molar-refractivity contribution in [2.75, 3.05) is 0 Å². The van der Waals surface area contributed by atoms with E-state index in [0.717, 1.165) is 5.56 Å². The summed E-state index contributed by atoms with van der Waals surface area (Å²) in [6.07, 6.45) is 1.82. The fraction of sp³-hybridized carbons (Fsp3) is 0.286. The van der Waals surface area contributed by atoms with Gasteiger partial charge in [0.2, 0.25) is 0 Å². The highest BCUT2D eigenvalue weighted by atomic mass is 16.3. The lowest BCUT2D eigenvalue weighted by molar-refractivity contribution is 0.143. The first-order chi connectivity index (χ1) is 7.24. The Morgan fingerprint density at radius 3 is 2.67 bits per heavy atom. The standard InChI is InChI=1S/C14H16O/c1-3-12(2)14(15)11-7-10-13-8-5-4-6-9-13/h3-6,8-9,12,14-15H,1,11H2,2H3/t12-,14-/m0/s1. The van der Waals surface area contributed by atoms with E-state index in [-0.39, 0.29) is 5.92 Å². The van der Waals surface area contributed by atoms with Gasteiger partial charge in [0, 0.05) is 17.9 Å². The Hall–Kier alpha value is -1.52. The van der Waals surface area contributed by atoms with Crippen LogP contribution in [0.5, 0.6) is 0 Å². The molecule has 0 heterocycles. The van der Waals surface area contributed by atoms with E-state index in [1.165, 1.54) is 0 Å². The Morgan fingerprint density at radius 1 is 1.40 bits per heavy atom. The lowest BCUT2D eigenvalue weighted by Crippen LogP contribution is -2.14. The molecule has 1 N–H and O–H groups in total. The van der Waals surface area contributed by atoms with Crippen LogP contribution in [-0.4, -0.2) is 11.2 Å². The summed E-state index contributed by atoms with van der Waals surface area (Å²) >= 11 is 0. The topological polar surface area (TPSA) is 20.2 Å². The molecular formula is C14H16O. The van der Waals surface area contributed by atoms with Crippen molar-refractivity contribution in [1.82, 2.24) is 0 Å². The smallest absolute Gasteiger partial charge is 0.0709 e. The van der Waals surface area contributed by atoms with Crippen molar-refractivity contribution < 1.29 is 5.11 Å². The quantitative estimate of drug-likeness (QED) is 0.587. The monoisotopic (exact) mass is 200 g/mol. The van der Waals surface area contributed by atoms with Gasteiger partial charge in [-0.1, -0.05) is 43.0 Å². The highest BCUT2D eigenvalue weighted by Crippen LogP contribution is 2.06. The van der Waals surface area contributed by atoms with Crippen LogP contribution < -0.4 is 0 Å². The van der Waals surface area contributed by atoms with Crippen LogP contribution in [0, 0.1) is 17.8 Å². The molecule has 2 atom stereocenters. The summed E-state index contributed by atoms with van der Waals surface area (Å²) in [6, 6.07) is 9.77. The zero-order chi connectivity index (χ0) is 11.1. The van der Waals surface area contributed by atoms with Gasteiger partial charge in [0.15, 0.2) is 0 Å². The van der Waals surface area contributed by atoms with Crippen molar-refractivity contribution in [2.24, 2.45) is 5.92 Å². The average molecular weight is 200 g/mol. The van der Waals surface area contributed by atoms with Crippen LogP contribution in [0.25, 0.3) is 0 Å². The second kappa shape index (κ2) is 6.06. The maximum Gasteiger partial charge on any atom is 0.0709 e. The number of aliphatic hydroxyl groups is 1. The molecule has 0 saturated carbocycles. The van der Waals surface area contributed by atoms with Crippen LogP contribution in [0.15, 0.2) is 43.0 Å². The zero-order valence-electron chi connectivity index (χ0n) is 8.98. The molecule has 1 rings (SSSR count). The van der Waals surface area contributed by atoms with Crippen LogP contribution >= 0.6 is 0 Å².